The topological polar surface area (TPSA) is 75.7 Å². The number of hydrogen-bond acceptors (Lipinski definition) is 4. The summed E-state index contributed by atoms with van der Waals surface area (Å²) in [6, 6.07) is 13.8. The highest BCUT2D eigenvalue weighted by atomic mass is 35.5. The molecular formula is C23H27ClN2O4. The van der Waals surface area contributed by atoms with Gasteiger partial charge in [-0.15, -0.1) is 0 Å². The summed E-state index contributed by atoms with van der Waals surface area (Å²) in [6.07, 6.45) is -0.240. The molecule has 0 spiro atoms. The van der Waals surface area contributed by atoms with E-state index in [0.717, 1.165) is 5.56 Å². The number of nitrogens with one attached hydrogen (secondary N) is 1. The quantitative estimate of drug-likeness (QED) is 0.604. The number of ether oxygens (including phenoxy) is 1. The van der Waals surface area contributed by atoms with Gasteiger partial charge in [-0.1, -0.05) is 23.7 Å². The molecule has 0 unspecified atom stereocenters. The summed E-state index contributed by atoms with van der Waals surface area (Å²) in [6.45, 7) is 5.78. The lowest BCUT2D eigenvalue weighted by Gasteiger charge is -2.24. The van der Waals surface area contributed by atoms with E-state index in [1.165, 1.54) is 4.90 Å². The maximum atomic E-state index is 12.2. The van der Waals surface area contributed by atoms with Gasteiger partial charge in [0.15, 0.2) is 5.78 Å². The molecule has 0 bridgehead atoms. The van der Waals surface area contributed by atoms with Gasteiger partial charge in [-0.05, 0) is 62.7 Å². The number of ketones is 1. The lowest BCUT2D eigenvalue weighted by Crippen LogP contribution is -2.33. The van der Waals surface area contributed by atoms with Crippen LogP contribution >= 0.6 is 11.6 Å². The summed E-state index contributed by atoms with van der Waals surface area (Å²) >= 11 is 5.82. The van der Waals surface area contributed by atoms with E-state index in [0.29, 0.717) is 22.8 Å². The number of hydrogen-bond donors (Lipinski definition) is 1. The van der Waals surface area contributed by atoms with Crippen molar-refractivity contribution in [3.8, 4) is 0 Å². The Labute approximate surface area is 182 Å². The van der Waals surface area contributed by atoms with Gasteiger partial charge in [0.1, 0.15) is 5.60 Å². The van der Waals surface area contributed by atoms with Crippen LogP contribution in [-0.2, 0) is 16.1 Å². The third-order valence-corrected chi connectivity index (χ3v) is 4.33. The molecule has 0 aromatic heterocycles. The minimum Gasteiger partial charge on any atom is -0.444 e. The summed E-state index contributed by atoms with van der Waals surface area (Å²) in [5.74, 6) is -0.371. The minimum atomic E-state index is -0.565. The molecule has 0 saturated heterocycles. The predicted octanol–water partition coefficient (Wildman–Crippen LogP) is 5.31. The van der Waals surface area contributed by atoms with Crippen LogP contribution in [0.4, 0.5) is 10.5 Å². The number of nitrogens with zero attached hydrogens (tertiary/aromatic N) is 1. The van der Waals surface area contributed by atoms with Crippen molar-refractivity contribution in [2.75, 3.05) is 12.4 Å². The summed E-state index contributed by atoms with van der Waals surface area (Å²) < 4.78 is 5.34. The van der Waals surface area contributed by atoms with Crippen molar-refractivity contribution in [3.05, 3.63) is 64.7 Å². The average molecular weight is 431 g/mol. The summed E-state index contributed by atoms with van der Waals surface area (Å²) in [7, 11) is 1.65. The summed E-state index contributed by atoms with van der Waals surface area (Å²) in [5, 5.41) is 3.35. The largest absolute Gasteiger partial charge is 0.444 e. The van der Waals surface area contributed by atoms with Crippen LogP contribution in [0.1, 0.15) is 49.5 Å². The molecule has 7 heteroatoms. The standard InChI is InChI=1S/C23H27ClN2O4/c1-23(2,3)30-22(29)26(4)15-16-6-5-7-19(14-16)25-21(28)13-12-20(27)17-8-10-18(24)11-9-17/h5-11,14H,12-13,15H2,1-4H3,(H,25,28). The Balaban J connectivity index is 1.88. The highest BCUT2D eigenvalue weighted by Crippen LogP contribution is 2.16. The lowest BCUT2D eigenvalue weighted by atomic mass is 10.1. The van der Waals surface area contributed by atoms with Crippen LogP contribution in [0.15, 0.2) is 48.5 Å². The Morgan fingerprint density at radius 2 is 1.70 bits per heavy atom. The molecule has 0 saturated carbocycles. The Hall–Kier alpha value is -2.86. The molecule has 2 rings (SSSR count). The van der Waals surface area contributed by atoms with Crippen molar-refractivity contribution < 1.29 is 19.1 Å². The lowest BCUT2D eigenvalue weighted by molar-refractivity contribution is -0.116. The third-order valence-electron chi connectivity index (χ3n) is 4.08. The fourth-order valence-electron chi connectivity index (χ4n) is 2.66. The van der Waals surface area contributed by atoms with Gasteiger partial charge in [-0.25, -0.2) is 4.79 Å². The highest BCUT2D eigenvalue weighted by molar-refractivity contribution is 6.30. The van der Waals surface area contributed by atoms with Crippen molar-refractivity contribution in [3.63, 3.8) is 0 Å². The van der Waals surface area contributed by atoms with E-state index in [9.17, 15) is 14.4 Å². The molecular weight excluding hydrogens is 404 g/mol. The fraction of sp³-hybridized carbons (Fsp3) is 0.348. The molecule has 0 aliphatic heterocycles. The first-order chi connectivity index (χ1) is 14.0. The monoisotopic (exact) mass is 430 g/mol. The average Bonchev–Trinajstić information content (AvgIpc) is 2.65. The van der Waals surface area contributed by atoms with Crippen LogP contribution in [0.2, 0.25) is 5.02 Å². The number of carbonyl (C=O) groups is 3. The number of halogens is 1. The molecule has 6 nitrogen and oxygen atoms in total. The van der Waals surface area contributed by atoms with Crippen LogP contribution in [-0.4, -0.2) is 35.3 Å². The number of amides is 2. The van der Waals surface area contributed by atoms with Crippen molar-refractivity contribution in [1.29, 1.82) is 0 Å². The first-order valence-corrected chi connectivity index (χ1v) is 10.0. The molecule has 1 N–H and O–H groups in total. The van der Waals surface area contributed by atoms with Gasteiger partial charge in [0.05, 0.1) is 0 Å². The van der Waals surface area contributed by atoms with Crippen LogP contribution in [0.3, 0.4) is 0 Å². The zero-order valence-electron chi connectivity index (χ0n) is 17.7. The van der Waals surface area contributed by atoms with Gasteiger partial charge in [-0.2, -0.15) is 0 Å². The second kappa shape index (κ2) is 10.3. The van der Waals surface area contributed by atoms with Crippen LogP contribution in [0.25, 0.3) is 0 Å². The van der Waals surface area contributed by atoms with Gasteiger partial charge in [-0.3, -0.25) is 9.59 Å². The highest BCUT2D eigenvalue weighted by Gasteiger charge is 2.19. The Kier molecular flexibility index (Phi) is 8.00. The van der Waals surface area contributed by atoms with E-state index in [4.69, 9.17) is 16.3 Å². The van der Waals surface area contributed by atoms with E-state index in [-0.39, 0.29) is 24.5 Å². The molecule has 30 heavy (non-hydrogen) atoms. The molecule has 0 radical (unpaired) electrons. The Bertz CT molecular complexity index is 904. The minimum absolute atomic E-state index is 0.0729. The molecule has 0 aliphatic rings. The number of Topliss-reactive ketones (excluding diaryl/α,β-unsaturated/α-hetero) is 1. The maximum absolute atomic E-state index is 12.2. The van der Waals surface area contributed by atoms with Gasteiger partial charge in [0.25, 0.3) is 0 Å². The van der Waals surface area contributed by atoms with Crippen molar-refractivity contribution >= 4 is 35.1 Å². The molecule has 2 aromatic carbocycles. The Morgan fingerprint density at radius 1 is 1.03 bits per heavy atom. The van der Waals surface area contributed by atoms with Gasteiger partial charge in [0.2, 0.25) is 5.91 Å². The molecule has 2 amide bonds. The zero-order valence-corrected chi connectivity index (χ0v) is 18.5. The number of rotatable bonds is 7. The first-order valence-electron chi connectivity index (χ1n) is 9.65. The number of benzene rings is 2. The van der Waals surface area contributed by atoms with Crippen LogP contribution < -0.4 is 5.32 Å². The summed E-state index contributed by atoms with van der Waals surface area (Å²) in [5.41, 5.74) is 1.41. The van der Waals surface area contributed by atoms with Crippen molar-refractivity contribution in [2.45, 2.75) is 45.8 Å². The summed E-state index contributed by atoms with van der Waals surface area (Å²) in [4.78, 5) is 38.0. The molecule has 0 aliphatic carbocycles. The van der Waals surface area contributed by atoms with E-state index in [2.05, 4.69) is 5.32 Å². The van der Waals surface area contributed by atoms with E-state index >= 15 is 0 Å². The van der Waals surface area contributed by atoms with Gasteiger partial charge < -0.3 is 15.0 Å². The molecule has 0 atom stereocenters. The van der Waals surface area contributed by atoms with Crippen LogP contribution in [0.5, 0.6) is 0 Å². The predicted molar refractivity (Wildman–Crippen MR) is 118 cm³/mol. The SMILES string of the molecule is CN(Cc1cccc(NC(=O)CCC(=O)c2ccc(Cl)cc2)c1)C(=O)OC(C)(C)C. The van der Waals surface area contributed by atoms with E-state index in [1.807, 2.05) is 26.8 Å². The first kappa shape index (κ1) is 23.4. The number of anilines is 1. The second-order valence-electron chi connectivity index (χ2n) is 8.02. The van der Waals surface area contributed by atoms with Gasteiger partial charge in [0, 0.05) is 42.7 Å². The Morgan fingerprint density at radius 3 is 2.33 bits per heavy atom. The van der Waals surface area contributed by atoms with Crippen molar-refractivity contribution in [2.24, 2.45) is 0 Å². The van der Waals surface area contributed by atoms with E-state index < -0.39 is 11.7 Å². The maximum Gasteiger partial charge on any atom is 0.410 e. The third kappa shape index (κ3) is 7.87. The van der Waals surface area contributed by atoms with Gasteiger partial charge >= 0.3 is 6.09 Å². The smallest absolute Gasteiger partial charge is 0.410 e. The number of carbonyl (C=O) groups excluding carboxylic acids is 3. The molecule has 0 fully saturated rings. The normalized spacial score (nSPS) is 11.0. The fourth-order valence-corrected chi connectivity index (χ4v) is 2.78. The van der Waals surface area contributed by atoms with Crippen molar-refractivity contribution in [1.82, 2.24) is 4.90 Å². The molecule has 160 valence electrons. The zero-order chi connectivity index (χ0) is 22.3. The second-order valence-corrected chi connectivity index (χ2v) is 8.45. The molecule has 2 aromatic rings. The van der Waals surface area contributed by atoms with E-state index in [1.54, 1.807) is 49.5 Å². The molecule has 0 heterocycles. The van der Waals surface area contributed by atoms with Crippen LogP contribution in [0, 0.1) is 0 Å².